The van der Waals surface area contributed by atoms with Crippen molar-refractivity contribution in [1.82, 2.24) is 10.2 Å². The highest BCUT2D eigenvalue weighted by molar-refractivity contribution is 6.22. The monoisotopic (exact) mass is 228 g/mol. The smallest absolute Gasteiger partial charge is 0.131 e. The first-order valence-corrected chi connectivity index (χ1v) is 4.70. The van der Waals surface area contributed by atoms with Crippen molar-refractivity contribution in [1.29, 1.82) is 0 Å². The molecule has 0 aliphatic carbocycles. The molecule has 0 bridgehead atoms. The summed E-state index contributed by atoms with van der Waals surface area (Å²) in [6.45, 7) is 0. The second kappa shape index (κ2) is 3.98. The van der Waals surface area contributed by atoms with Crippen molar-refractivity contribution in [2.75, 3.05) is 0 Å². The van der Waals surface area contributed by atoms with Crippen molar-refractivity contribution in [2.45, 2.75) is 5.38 Å². The Hall–Kier alpha value is -1.42. The number of hydrogen-bond acceptors (Lipinski definition) is 1. The highest BCUT2D eigenvalue weighted by Gasteiger charge is 2.16. The van der Waals surface area contributed by atoms with Gasteiger partial charge in [0.25, 0.3) is 0 Å². The van der Waals surface area contributed by atoms with E-state index >= 15 is 0 Å². The quantitative estimate of drug-likeness (QED) is 0.787. The van der Waals surface area contributed by atoms with Crippen molar-refractivity contribution >= 4 is 11.6 Å². The molecule has 0 saturated carbocycles. The van der Waals surface area contributed by atoms with Crippen molar-refractivity contribution in [3.63, 3.8) is 0 Å². The van der Waals surface area contributed by atoms with Crippen molar-refractivity contribution in [3.8, 4) is 0 Å². The number of H-pyrrole nitrogens is 1. The molecule has 0 aliphatic rings. The van der Waals surface area contributed by atoms with Crippen LogP contribution >= 0.6 is 11.6 Å². The molecule has 0 fully saturated rings. The number of nitrogens with zero attached hydrogens (tertiary/aromatic N) is 1. The third-order valence-electron chi connectivity index (χ3n) is 2.05. The first-order valence-electron chi connectivity index (χ1n) is 4.26. The molecule has 2 aromatic rings. The van der Waals surface area contributed by atoms with Crippen molar-refractivity contribution in [2.24, 2.45) is 0 Å². The molecule has 1 aromatic carbocycles. The van der Waals surface area contributed by atoms with Crippen LogP contribution in [0.2, 0.25) is 0 Å². The summed E-state index contributed by atoms with van der Waals surface area (Å²) < 4.78 is 26.0. The molecule has 0 radical (unpaired) electrons. The van der Waals surface area contributed by atoms with Gasteiger partial charge in [0, 0.05) is 23.4 Å². The Labute approximate surface area is 89.9 Å². The Morgan fingerprint density at radius 1 is 1.33 bits per heavy atom. The molecule has 0 saturated heterocycles. The largest absolute Gasteiger partial charge is 0.285 e. The zero-order valence-electron chi connectivity index (χ0n) is 7.55. The first-order chi connectivity index (χ1) is 7.18. The van der Waals surface area contributed by atoms with Gasteiger partial charge in [-0.25, -0.2) is 8.78 Å². The number of halogens is 3. The summed E-state index contributed by atoms with van der Waals surface area (Å²) >= 11 is 6.01. The van der Waals surface area contributed by atoms with Gasteiger partial charge in [-0.1, -0.05) is 6.07 Å². The van der Waals surface area contributed by atoms with Gasteiger partial charge >= 0.3 is 0 Å². The van der Waals surface area contributed by atoms with E-state index in [0.717, 1.165) is 6.07 Å². The second-order valence-corrected chi connectivity index (χ2v) is 3.50. The fourth-order valence-corrected chi connectivity index (χ4v) is 1.58. The van der Waals surface area contributed by atoms with Gasteiger partial charge in [-0.2, -0.15) is 5.10 Å². The van der Waals surface area contributed by atoms with Crippen LogP contribution in [0.3, 0.4) is 0 Å². The van der Waals surface area contributed by atoms with Crippen molar-refractivity contribution < 1.29 is 8.78 Å². The first kappa shape index (κ1) is 10.1. The molecule has 1 atom stereocenters. The number of benzene rings is 1. The summed E-state index contributed by atoms with van der Waals surface area (Å²) in [5.74, 6) is -1.27. The molecular formula is C10H7ClF2N2. The van der Waals surface area contributed by atoms with Gasteiger partial charge in [0.2, 0.25) is 0 Å². The molecule has 0 spiro atoms. The van der Waals surface area contributed by atoms with E-state index in [9.17, 15) is 8.78 Å². The summed E-state index contributed by atoms with van der Waals surface area (Å²) in [5.41, 5.74) is 0.877. The molecule has 0 amide bonds. The van der Waals surface area contributed by atoms with Gasteiger partial charge in [0.15, 0.2) is 0 Å². The average molecular weight is 229 g/mol. The highest BCUT2D eigenvalue weighted by atomic mass is 35.5. The number of rotatable bonds is 2. The predicted octanol–water partition coefficient (Wildman–Crippen LogP) is 3.02. The zero-order chi connectivity index (χ0) is 10.8. The third-order valence-corrected chi connectivity index (χ3v) is 2.53. The van der Waals surface area contributed by atoms with E-state index in [2.05, 4.69) is 10.2 Å². The Morgan fingerprint density at radius 3 is 2.73 bits per heavy atom. The molecule has 2 rings (SSSR count). The summed E-state index contributed by atoms with van der Waals surface area (Å²) in [6.07, 6.45) is 3.07. The summed E-state index contributed by atoms with van der Waals surface area (Å²) in [5, 5.41) is 5.63. The Balaban J connectivity index is 2.38. The van der Waals surface area contributed by atoms with Crippen LogP contribution in [-0.2, 0) is 0 Å². The lowest BCUT2D eigenvalue weighted by Gasteiger charge is -2.08. The lowest BCUT2D eigenvalue weighted by molar-refractivity contribution is 0.573. The lowest BCUT2D eigenvalue weighted by atomic mass is 10.1. The van der Waals surface area contributed by atoms with Crippen LogP contribution in [0.1, 0.15) is 16.5 Å². The molecule has 15 heavy (non-hydrogen) atoms. The topological polar surface area (TPSA) is 28.7 Å². The van der Waals surface area contributed by atoms with Crippen LogP contribution < -0.4 is 0 Å². The standard InChI is InChI=1S/C10H7ClF2N2/c11-10(6-4-14-15-5-6)8-2-1-7(12)3-9(8)13/h1-5,10H,(H,14,15). The van der Waals surface area contributed by atoms with Crippen LogP contribution in [0.25, 0.3) is 0 Å². The van der Waals surface area contributed by atoms with E-state index in [1.165, 1.54) is 18.3 Å². The minimum absolute atomic E-state index is 0.236. The molecule has 1 aromatic heterocycles. The van der Waals surface area contributed by atoms with Gasteiger partial charge < -0.3 is 0 Å². The zero-order valence-corrected chi connectivity index (χ0v) is 8.30. The maximum atomic E-state index is 13.3. The van der Waals surface area contributed by atoms with Crippen LogP contribution in [0.15, 0.2) is 30.6 Å². The number of hydrogen-bond donors (Lipinski definition) is 1. The minimum Gasteiger partial charge on any atom is -0.285 e. The van der Waals surface area contributed by atoms with Crippen LogP contribution in [0.4, 0.5) is 8.78 Å². The normalized spacial score (nSPS) is 12.7. The summed E-state index contributed by atoms with van der Waals surface area (Å²) in [6, 6.07) is 3.31. The van der Waals surface area contributed by atoms with E-state index < -0.39 is 17.0 Å². The molecule has 1 heterocycles. The van der Waals surface area contributed by atoms with Crippen LogP contribution in [-0.4, -0.2) is 10.2 Å². The van der Waals surface area contributed by atoms with E-state index in [1.807, 2.05) is 0 Å². The highest BCUT2D eigenvalue weighted by Crippen LogP contribution is 2.29. The molecule has 0 aliphatic heterocycles. The maximum absolute atomic E-state index is 13.3. The molecule has 1 unspecified atom stereocenters. The van der Waals surface area contributed by atoms with Gasteiger partial charge in [-0.15, -0.1) is 11.6 Å². The number of aromatic amines is 1. The Morgan fingerprint density at radius 2 is 2.13 bits per heavy atom. The van der Waals surface area contributed by atoms with Crippen LogP contribution in [0.5, 0.6) is 0 Å². The molecule has 1 N–H and O–H groups in total. The summed E-state index contributed by atoms with van der Waals surface area (Å²) in [4.78, 5) is 0. The maximum Gasteiger partial charge on any atom is 0.131 e. The van der Waals surface area contributed by atoms with Gasteiger partial charge in [-0.3, -0.25) is 5.10 Å². The number of nitrogens with one attached hydrogen (secondary N) is 1. The second-order valence-electron chi connectivity index (χ2n) is 3.06. The molecule has 78 valence electrons. The molecule has 5 heteroatoms. The van der Waals surface area contributed by atoms with Gasteiger partial charge in [0.05, 0.1) is 11.6 Å². The average Bonchev–Trinajstić information content (AvgIpc) is 2.69. The van der Waals surface area contributed by atoms with E-state index in [4.69, 9.17) is 11.6 Å². The number of alkyl halides is 1. The van der Waals surface area contributed by atoms with Crippen molar-refractivity contribution in [3.05, 3.63) is 53.4 Å². The van der Waals surface area contributed by atoms with Crippen LogP contribution in [0, 0.1) is 11.6 Å². The van der Waals surface area contributed by atoms with Gasteiger partial charge in [0.1, 0.15) is 11.6 Å². The fraction of sp³-hybridized carbons (Fsp3) is 0.100. The predicted molar refractivity (Wildman–Crippen MR) is 52.6 cm³/mol. The number of aromatic nitrogens is 2. The van der Waals surface area contributed by atoms with E-state index in [-0.39, 0.29) is 5.56 Å². The molecular weight excluding hydrogens is 222 g/mol. The van der Waals surface area contributed by atoms with Gasteiger partial charge in [-0.05, 0) is 6.07 Å². The molecule has 2 nitrogen and oxygen atoms in total. The minimum atomic E-state index is -0.663. The lowest BCUT2D eigenvalue weighted by Crippen LogP contribution is -1.96. The Kier molecular flexibility index (Phi) is 2.68. The summed E-state index contributed by atoms with van der Waals surface area (Å²) in [7, 11) is 0. The third kappa shape index (κ3) is 1.99. The fourth-order valence-electron chi connectivity index (χ4n) is 1.29. The van der Waals surface area contributed by atoms with E-state index in [0.29, 0.717) is 5.56 Å². The van der Waals surface area contributed by atoms with E-state index in [1.54, 1.807) is 6.20 Å². The Bertz CT molecular complexity index is 456. The SMILES string of the molecule is Fc1ccc(C(Cl)c2cn[nH]c2)c(F)c1.